The first-order valence-electron chi connectivity index (χ1n) is 7.88. The topological polar surface area (TPSA) is 29.5 Å². The van der Waals surface area contributed by atoms with Crippen LogP contribution in [0.4, 0.5) is 0 Å². The minimum absolute atomic E-state index is 0.203. The molecule has 0 amide bonds. The number of ether oxygens (including phenoxy) is 1. The van der Waals surface area contributed by atoms with E-state index in [1.807, 2.05) is 6.07 Å². The average molecular weight is 348 g/mol. The van der Waals surface area contributed by atoms with Crippen molar-refractivity contribution in [2.45, 2.75) is 38.1 Å². The molecule has 23 heavy (non-hydrogen) atoms. The zero-order chi connectivity index (χ0) is 17.0. The molecule has 0 aromatic heterocycles. The van der Waals surface area contributed by atoms with Gasteiger partial charge in [0.05, 0.1) is 7.11 Å². The van der Waals surface area contributed by atoms with Crippen LogP contribution in [0, 0.1) is 6.92 Å². The Morgan fingerprint density at radius 3 is 2.52 bits per heavy atom. The van der Waals surface area contributed by atoms with Crippen LogP contribution in [-0.2, 0) is 0 Å². The van der Waals surface area contributed by atoms with Crippen LogP contribution in [0.5, 0.6) is 11.5 Å². The molecule has 1 N–H and O–H groups in total. The van der Waals surface area contributed by atoms with Crippen LogP contribution in [0.25, 0.3) is 0 Å². The average Bonchev–Trinajstić information content (AvgIpc) is 2.54. The standard InChI is InChI=1S/C19H25O2PS/c1-5-18(16-11-14(21-4)7-8-17(16)20)22-19-9-6-12(2)10-15(19)13(3)23/h6-11,13,18,20,22-23H,5H2,1-4H3. The third-order valence-corrected chi connectivity index (χ3v) is 6.12. The van der Waals surface area contributed by atoms with Crippen molar-refractivity contribution >= 4 is 26.5 Å². The summed E-state index contributed by atoms with van der Waals surface area (Å²) in [7, 11) is 2.24. The van der Waals surface area contributed by atoms with E-state index < -0.39 is 0 Å². The summed E-state index contributed by atoms with van der Waals surface area (Å²) in [5.41, 5.74) is 3.78. The molecule has 0 saturated heterocycles. The molecule has 0 aliphatic rings. The van der Waals surface area contributed by atoms with Crippen molar-refractivity contribution < 1.29 is 9.84 Å². The lowest BCUT2D eigenvalue weighted by Crippen LogP contribution is -2.08. The van der Waals surface area contributed by atoms with Crippen molar-refractivity contribution in [2.75, 3.05) is 7.11 Å². The molecule has 0 fully saturated rings. The van der Waals surface area contributed by atoms with E-state index in [2.05, 4.69) is 51.6 Å². The Labute approximate surface area is 146 Å². The molecule has 0 spiro atoms. The van der Waals surface area contributed by atoms with Gasteiger partial charge >= 0.3 is 0 Å². The van der Waals surface area contributed by atoms with Crippen LogP contribution in [0.2, 0.25) is 0 Å². The minimum Gasteiger partial charge on any atom is -0.508 e. The normalized spacial score (nSPS) is 14.1. The summed E-state index contributed by atoms with van der Waals surface area (Å²) in [6, 6.07) is 12.0. The first-order chi connectivity index (χ1) is 11.0. The molecule has 3 atom stereocenters. The second-order valence-electron chi connectivity index (χ2n) is 5.80. The van der Waals surface area contributed by atoms with E-state index in [9.17, 15) is 5.11 Å². The first kappa shape index (κ1) is 18.2. The summed E-state index contributed by atoms with van der Waals surface area (Å²) in [6.07, 6.45) is 0.966. The second kappa shape index (κ2) is 8.08. The summed E-state index contributed by atoms with van der Waals surface area (Å²) in [5, 5.41) is 11.8. The van der Waals surface area contributed by atoms with E-state index in [0.717, 1.165) is 17.7 Å². The summed E-state index contributed by atoms with van der Waals surface area (Å²) in [6.45, 7) is 6.38. The third kappa shape index (κ3) is 4.43. The second-order valence-corrected chi connectivity index (χ2v) is 8.10. The highest BCUT2D eigenvalue weighted by molar-refractivity contribution is 7.80. The lowest BCUT2D eigenvalue weighted by molar-refractivity contribution is 0.410. The van der Waals surface area contributed by atoms with Crippen LogP contribution in [0.15, 0.2) is 36.4 Å². The minimum atomic E-state index is 0.203. The molecule has 2 nitrogen and oxygen atoms in total. The molecule has 3 unspecified atom stereocenters. The molecule has 124 valence electrons. The predicted molar refractivity (Wildman–Crippen MR) is 104 cm³/mol. The smallest absolute Gasteiger partial charge is 0.119 e. The maximum Gasteiger partial charge on any atom is 0.119 e. The Hall–Kier alpha value is -1.18. The van der Waals surface area contributed by atoms with Crippen LogP contribution in [-0.4, -0.2) is 12.2 Å². The zero-order valence-corrected chi connectivity index (χ0v) is 16.0. The number of phenolic OH excluding ortho intramolecular Hbond substituents is 1. The third-order valence-electron chi connectivity index (χ3n) is 4.01. The fraction of sp³-hybridized carbons (Fsp3) is 0.368. The summed E-state index contributed by atoms with van der Waals surface area (Å²) < 4.78 is 5.31. The molecular formula is C19H25O2PS. The van der Waals surface area contributed by atoms with Crippen molar-refractivity contribution in [1.82, 2.24) is 0 Å². The SMILES string of the molecule is CCC(Pc1ccc(C)cc1C(C)S)c1cc(OC)ccc1O. The number of hydrogen-bond donors (Lipinski definition) is 2. The number of methoxy groups -OCH3 is 1. The molecule has 4 heteroatoms. The van der Waals surface area contributed by atoms with Gasteiger partial charge in [-0.25, -0.2) is 0 Å². The van der Waals surface area contributed by atoms with Gasteiger partial charge in [-0.05, 0) is 49.3 Å². The van der Waals surface area contributed by atoms with Gasteiger partial charge in [-0.2, -0.15) is 12.6 Å². The molecular weight excluding hydrogens is 323 g/mol. The molecule has 2 aromatic rings. The largest absolute Gasteiger partial charge is 0.508 e. The zero-order valence-electron chi connectivity index (χ0n) is 14.1. The van der Waals surface area contributed by atoms with Gasteiger partial charge < -0.3 is 9.84 Å². The molecule has 2 aromatic carbocycles. The van der Waals surface area contributed by atoms with E-state index in [1.54, 1.807) is 19.2 Å². The summed E-state index contributed by atoms with van der Waals surface area (Å²) in [4.78, 5) is 0. The Morgan fingerprint density at radius 1 is 1.17 bits per heavy atom. The molecule has 0 bridgehead atoms. The monoisotopic (exact) mass is 348 g/mol. The van der Waals surface area contributed by atoms with Gasteiger partial charge in [0.1, 0.15) is 11.5 Å². The lowest BCUT2D eigenvalue weighted by atomic mass is 10.1. The Balaban J connectivity index is 2.37. The number of hydrogen-bond acceptors (Lipinski definition) is 3. The Morgan fingerprint density at radius 2 is 1.91 bits per heavy atom. The van der Waals surface area contributed by atoms with Crippen LogP contribution in [0.1, 0.15) is 47.9 Å². The summed E-state index contributed by atoms with van der Waals surface area (Å²) in [5.74, 6) is 1.13. The Kier molecular flexibility index (Phi) is 6.38. The van der Waals surface area contributed by atoms with Gasteiger partial charge in [0, 0.05) is 16.5 Å². The van der Waals surface area contributed by atoms with E-state index >= 15 is 0 Å². The van der Waals surface area contributed by atoms with E-state index in [0.29, 0.717) is 14.3 Å². The highest BCUT2D eigenvalue weighted by Crippen LogP contribution is 2.43. The number of phenols is 1. The molecule has 2 rings (SSSR count). The Bertz CT molecular complexity index is 670. The van der Waals surface area contributed by atoms with E-state index in [4.69, 9.17) is 4.74 Å². The van der Waals surface area contributed by atoms with Crippen LogP contribution in [0.3, 0.4) is 0 Å². The van der Waals surface area contributed by atoms with E-state index in [1.165, 1.54) is 16.4 Å². The fourth-order valence-corrected chi connectivity index (χ4v) is 4.62. The van der Waals surface area contributed by atoms with Crippen molar-refractivity contribution in [3.8, 4) is 11.5 Å². The van der Waals surface area contributed by atoms with Crippen LogP contribution >= 0.6 is 21.2 Å². The van der Waals surface area contributed by atoms with Gasteiger partial charge in [0.2, 0.25) is 0 Å². The summed E-state index contributed by atoms with van der Waals surface area (Å²) >= 11 is 4.63. The molecule has 0 aliphatic heterocycles. The molecule has 0 saturated carbocycles. The van der Waals surface area contributed by atoms with Gasteiger partial charge in [0.25, 0.3) is 0 Å². The highest BCUT2D eigenvalue weighted by Gasteiger charge is 2.18. The number of aryl methyl sites for hydroxylation is 1. The van der Waals surface area contributed by atoms with Gasteiger partial charge in [0.15, 0.2) is 0 Å². The van der Waals surface area contributed by atoms with Crippen molar-refractivity contribution in [3.63, 3.8) is 0 Å². The molecule has 0 aliphatic carbocycles. The van der Waals surface area contributed by atoms with Crippen molar-refractivity contribution in [1.29, 1.82) is 0 Å². The highest BCUT2D eigenvalue weighted by atomic mass is 32.1. The predicted octanol–water partition coefficient (Wildman–Crippen LogP) is 5.16. The van der Waals surface area contributed by atoms with E-state index in [-0.39, 0.29) is 10.9 Å². The molecule has 0 heterocycles. The fourth-order valence-electron chi connectivity index (χ4n) is 2.69. The molecule has 0 radical (unpaired) electrons. The quantitative estimate of drug-likeness (QED) is 0.558. The van der Waals surface area contributed by atoms with Crippen molar-refractivity contribution in [2.24, 2.45) is 0 Å². The first-order valence-corrected chi connectivity index (χ1v) is 9.47. The number of benzene rings is 2. The van der Waals surface area contributed by atoms with Gasteiger partial charge in [-0.3, -0.25) is 0 Å². The number of aromatic hydroxyl groups is 1. The van der Waals surface area contributed by atoms with Gasteiger partial charge in [-0.15, -0.1) is 0 Å². The maximum absolute atomic E-state index is 10.3. The van der Waals surface area contributed by atoms with Crippen molar-refractivity contribution in [3.05, 3.63) is 53.1 Å². The lowest BCUT2D eigenvalue weighted by Gasteiger charge is -2.21. The maximum atomic E-state index is 10.3. The number of rotatable bonds is 6. The van der Waals surface area contributed by atoms with Crippen LogP contribution < -0.4 is 10.0 Å². The number of thiol groups is 1. The van der Waals surface area contributed by atoms with Gasteiger partial charge in [-0.1, -0.05) is 39.3 Å².